The lowest BCUT2D eigenvalue weighted by Crippen LogP contribution is -2.47. The lowest BCUT2D eigenvalue weighted by atomic mass is 9.75. The number of fused-ring (bicyclic) bond motifs is 2. The minimum atomic E-state index is -1.58. The van der Waals surface area contributed by atoms with Gasteiger partial charge in [0.2, 0.25) is 5.60 Å². The van der Waals surface area contributed by atoms with Gasteiger partial charge in [-0.3, -0.25) is 9.59 Å². The topological polar surface area (TPSA) is 84.9 Å². The van der Waals surface area contributed by atoms with Gasteiger partial charge in [0.15, 0.2) is 0 Å². The Kier molecular flexibility index (Phi) is 4.89. The van der Waals surface area contributed by atoms with Gasteiger partial charge in [-0.1, -0.05) is 48.5 Å². The van der Waals surface area contributed by atoms with Crippen molar-refractivity contribution in [3.05, 3.63) is 95.6 Å². The van der Waals surface area contributed by atoms with Crippen molar-refractivity contribution in [3.8, 4) is 5.75 Å². The van der Waals surface area contributed by atoms with E-state index < -0.39 is 29.4 Å². The molecule has 166 valence electrons. The fourth-order valence-electron chi connectivity index (χ4n) is 4.80. The lowest BCUT2D eigenvalue weighted by molar-refractivity contribution is -0.158. The summed E-state index contributed by atoms with van der Waals surface area (Å²) >= 11 is 0. The fourth-order valence-corrected chi connectivity index (χ4v) is 4.80. The molecule has 7 heteroatoms. The first-order valence-corrected chi connectivity index (χ1v) is 10.6. The molecule has 3 aromatic carbocycles. The van der Waals surface area contributed by atoms with E-state index in [1.54, 1.807) is 74.8 Å². The molecule has 2 heterocycles. The predicted octanol–water partition coefficient (Wildman–Crippen LogP) is 3.01. The summed E-state index contributed by atoms with van der Waals surface area (Å²) in [5, 5.41) is 2.82. The van der Waals surface area contributed by atoms with E-state index in [1.807, 2.05) is 18.2 Å². The van der Waals surface area contributed by atoms with Crippen molar-refractivity contribution in [2.75, 3.05) is 19.1 Å². The number of nitrogens with zero attached hydrogens (tertiary/aromatic N) is 1. The van der Waals surface area contributed by atoms with Crippen LogP contribution in [0.15, 0.2) is 78.9 Å². The monoisotopic (exact) mass is 442 g/mol. The minimum Gasteiger partial charge on any atom is -0.497 e. The van der Waals surface area contributed by atoms with Crippen LogP contribution in [0, 0.1) is 0 Å². The molecule has 0 aliphatic carbocycles. The van der Waals surface area contributed by atoms with E-state index in [0.29, 0.717) is 28.1 Å². The second kappa shape index (κ2) is 7.78. The van der Waals surface area contributed by atoms with E-state index in [0.717, 1.165) is 0 Å². The van der Waals surface area contributed by atoms with Crippen LogP contribution >= 0.6 is 0 Å². The third kappa shape index (κ3) is 3.08. The van der Waals surface area contributed by atoms with Crippen LogP contribution < -0.4 is 15.0 Å². The number of anilines is 1. The van der Waals surface area contributed by atoms with Crippen LogP contribution in [0.25, 0.3) is 0 Å². The average Bonchev–Trinajstić information content (AvgIpc) is 3.26. The molecular weight excluding hydrogens is 420 g/mol. The standard InChI is InChI=1S/C26H22N2O5/c1-28-20-11-7-6-10-19(20)26(25(28)31)21(16-12-14-18(32-2)15-13-16)22(24(30)33-26)27-23(29)17-8-4-3-5-9-17/h3-15,21-22H,1-2H3,(H,27,29). The first-order valence-electron chi connectivity index (χ1n) is 10.6. The van der Waals surface area contributed by atoms with Crippen molar-refractivity contribution in [2.24, 2.45) is 0 Å². The van der Waals surface area contributed by atoms with Gasteiger partial charge in [0.05, 0.1) is 18.7 Å². The van der Waals surface area contributed by atoms with Gasteiger partial charge in [-0.15, -0.1) is 0 Å². The van der Waals surface area contributed by atoms with Gasteiger partial charge in [0.25, 0.3) is 11.8 Å². The number of carbonyl (C=O) groups excluding carboxylic acids is 3. The normalized spacial score (nSPS) is 23.4. The van der Waals surface area contributed by atoms with E-state index in [4.69, 9.17) is 9.47 Å². The smallest absolute Gasteiger partial charge is 0.330 e. The third-order valence-electron chi connectivity index (χ3n) is 6.37. The summed E-state index contributed by atoms with van der Waals surface area (Å²) in [6.07, 6.45) is 0. The second-order valence-electron chi connectivity index (χ2n) is 8.11. The molecule has 2 aliphatic rings. The maximum absolute atomic E-state index is 13.7. The van der Waals surface area contributed by atoms with Gasteiger partial charge >= 0.3 is 5.97 Å². The Morgan fingerprint density at radius 3 is 2.33 bits per heavy atom. The number of hydrogen-bond donors (Lipinski definition) is 1. The Morgan fingerprint density at radius 2 is 1.64 bits per heavy atom. The number of likely N-dealkylation sites (N-methyl/N-ethyl adjacent to an activating group) is 1. The molecule has 1 fully saturated rings. The van der Waals surface area contributed by atoms with Gasteiger partial charge in [0.1, 0.15) is 11.8 Å². The number of methoxy groups -OCH3 is 1. The van der Waals surface area contributed by atoms with Crippen molar-refractivity contribution in [1.82, 2.24) is 5.32 Å². The van der Waals surface area contributed by atoms with Crippen LogP contribution in [0.5, 0.6) is 5.75 Å². The molecule has 0 radical (unpaired) electrons. The predicted molar refractivity (Wildman–Crippen MR) is 121 cm³/mol. The van der Waals surface area contributed by atoms with Crippen LogP contribution in [0.3, 0.4) is 0 Å². The largest absolute Gasteiger partial charge is 0.497 e. The summed E-state index contributed by atoms with van der Waals surface area (Å²) in [4.78, 5) is 41.4. The van der Waals surface area contributed by atoms with Crippen molar-refractivity contribution in [2.45, 2.75) is 17.6 Å². The van der Waals surface area contributed by atoms with Crippen molar-refractivity contribution in [3.63, 3.8) is 0 Å². The Morgan fingerprint density at radius 1 is 0.970 bits per heavy atom. The van der Waals surface area contributed by atoms with Crippen LogP contribution in [-0.4, -0.2) is 38.0 Å². The Labute approximate surface area is 190 Å². The summed E-state index contributed by atoms with van der Waals surface area (Å²) in [5.41, 5.74) is 0.784. The van der Waals surface area contributed by atoms with Crippen LogP contribution in [0.1, 0.15) is 27.4 Å². The van der Waals surface area contributed by atoms with E-state index >= 15 is 0 Å². The van der Waals surface area contributed by atoms with Crippen molar-refractivity contribution >= 4 is 23.5 Å². The van der Waals surface area contributed by atoms with Crippen LogP contribution in [0.2, 0.25) is 0 Å². The Hall–Kier alpha value is -4.13. The van der Waals surface area contributed by atoms with Gasteiger partial charge in [-0.05, 0) is 35.9 Å². The average molecular weight is 442 g/mol. The molecule has 3 aromatic rings. The molecule has 5 rings (SSSR count). The number of nitrogens with one attached hydrogen (secondary N) is 1. The summed E-state index contributed by atoms with van der Waals surface area (Å²) < 4.78 is 11.2. The van der Waals surface area contributed by atoms with E-state index in [-0.39, 0.29) is 5.91 Å². The first-order chi connectivity index (χ1) is 16.0. The molecule has 0 aromatic heterocycles. The molecule has 0 saturated carbocycles. The zero-order chi connectivity index (χ0) is 23.2. The summed E-state index contributed by atoms with van der Waals surface area (Å²) in [7, 11) is 3.22. The molecule has 0 bridgehead atoms. The molecular formula is C26H22N2O5. The van der Waals surface area contributed by atoms with Crippen molar-refractivity contribution in [1.29, 1.82) is 0 Å². The molecule has 1 spiro atoms. The number of esters is 1. The molecule has 33 heavy (non-hydrogen) atoms. The summed E-state index contributed by atoms with van der Waals surface area (Å²) in [5.74, 6) is -1.56. The Bertz CT molecular complexity index is 1240. The quantitative estimate of drug-likeness (QED) is 0.628. The van der Waals surface area contributed by atoms with E-state index in [9.17, 15) is 14.4 Å². The first kappa shape index (κ1) is 20.8. The highest BCUT2D eigenvalue weighted by Crippen LogP contribution is 2.55. The Balaban J connectivity index is 1.65. The highest BCUT2D eigenvalue weighted by Gasteiger charge is 2.66. The maximum atomic E-state index is 13.7. The number of amides is 2. The van der Waals surface area contributed by atoms with Crippen molar-refractivity contribution < 1.29 is 23.9 Å². The van der Waals surface area contributed by atoms with Gasteiger partial charge in [-0.25, -0.2) is 4.79 Å². The van der Waals surface area contributed by atoms with Gasteiger partial charge < -0.3 is 19.7 Å². The van der Waals surface area contributed by atoms with Crippen LogP contribution in [0.4, 0.5) is 5.69 Å². The molecule has 1 N–H and O–H groups in total. The SMILES string of the molecule is COc1ccc(C2C(NC(=O)c3ccccc3)C(=O)OC23C(=O)N(C)c2ccccc23)cc1. The zero-order valence-electron chi connectivity index (χ0n) is 18.1. The number of carbonyl (C=O) groups is 3. The molecule has 1 saturated heterocycles. The number of rotatable bonds is 4. The second-order valence-corrected chi connectivity index (χ2v) is 8.11. The molecule has 2 aliphatic heterocycles. The zero-order valence-corrected chi connectivity index (χ0v) is 18.1. The fraction of sp³-hybridized carbons (Fsp3) is 0.192. The van der Waals surface area contributed by atoms with Gasteiger partial charge in [0, 0.05) is 18.2 Å². The van der Waals surface area contributed by atoms with Gasteiger partial charge in [-0.2, -0.15) is 0 Å². The molecule has 2 amide bonds. The highest BCUT2D eigenvalue weighted by atomic mass is 16.6. The molecule has 3 unspecified atom stereocenters. The highest BCUT2D eigenvalue weighted by molar-refractivity contribution is 6.11. The lowest BCUT2D eigenvalue weighted by Gasteiger charge is -2.30. The third-order valence-corrected chi connectivity index (χ3v) is 6.37. The number of hydrogen-bond acceptors (Lipinski definition) is 5. The van der Waals surface area contributed by atoms with E-state index in [2.05, 4.69) is 5.32 Å². The summed E-state index contributed by atoms with van der Waals surface area (Å²) in [6, 6.07) is 21.9. The maximum Gasteiger partial charge on any atom is 0.330 e. The number of para-hydroxylation sites is 1. The number of benzene rings is 3. The number of ether oxygens (including phenoxy) is 2. The van der Waals surface area contributed by atoms with Crippen LogP contribution in [-0.2, 0) is 19.9 Å². The van der Waals surface area contributed by atoms with E-state index in [1.165, 1.54) is 4.90 Å². The molecule has 3 atom stereocenters. The summed E-state index contributed by atoms with van der Waals surface area (Å²) in [6.45, 7) is 0. The minimum absolute atomic E-state index is 0.352. The molecule has 7 nitrogen and oxygen atoms in total.